The molecule has 27 heavy (non-hydrogen) atoms. The lowest BCUT2D eigenvalue weighted by Crippen LogP contribution is -2.32. The normalized spacial score (nSPS) is 13.9. The van der Waals surface area contributed by atoms with Gasteiger partial charge in [0, 0.05) is 0 Å². The zero-order chi connectivity index (χ0) is 19.2. The van der Waals surface area contributed by atoms with E-state index in [0.717, 1.165) is 17.1 Å². The fraction of sp³-hybridized carbons (Fsp3) is 0.381. The van der Waals surface area contributed by atoms with E-state index < -0.39 is 0 Å². The molecule has 0 saturated carbocycles. The number of amides is 1. The van der Waals surface area contributed by atoms with Crippen molar-refractivity contribution in [1.29, 1.82) is 0 Å². The Bertz CT molecular complexity index is 794. The summed E-state index contributed by atoms with van der Waals surface area (Å²) < 4.78 is 16.8. The average Bonchev–Trinajstić information content (AvgIpc) is 2.67. The van der Waals surface area contributed by atoms with Crippen LogP contribution in [0, 0.1) is 5.92 Å². The van der Waals surface area contributed by atoms with Gasteiger partial charge in [0.1, 0.15) is 19.0 Å². The first-order valence-electron chi connectivity index (χ1n) is 9.11. The maximum atomic E-state index is 12.4. The standard InChI is InChI=1S/C21H24ClNO4/c1-14(2)21(15-7-8-18-19(13-15)27-12-11-26-18)23-20(24)9-10-25-17-6-4-3-5-16(17)22/h3-8,13-14,21H,9-12H2,1-2H3,(H,23,24). The Morgan fingerprint density at radius 1 is 1.15 bits per heavy atom. The molecule has 144 valence electrons. The van der Waals surface area contributed by atoms with Gasteiger partial charge in [-0.05, 0) is 35.7 Å². The van der Waals surface area contributed by atoms with Gasteiger partial charge in [-0.25, -0.2) is 0 Å². The molecule has 0 fully saturated rings. The molecule has 5 nitrogen and oxygen atoms in total. The van der Waals surface area contributed by atoms with E-state index in [1.165, 1.54) is 0 Å². The summed E-state index contributed by atoms with van der Waals surface area (Å²) >= 11 is 6.06. The Morgan fingerprint density at radius 2 is 1.89 bits per heavy atom. The van der Waals surface area contributed by atoms with Crippen LogP contribution in [0.15, 0.2) is 42.5 Å². The molecule has 0 saturated heterocycles. The molecule has 0 aliphatic carbocycles. The topological polar surface area (TPSA) is 56.8 Å². The first-order chi connectivity index (χ1) is 13.0. The van der Waals surface area contributed by atoms with Gasteiger partial charge in [0.2, 0.25) is 5.91 Å². The summed E-state index contributed by atoms with van der Waals surface area (Å²) in [5, 5.41) is 3.63. The third kappa shape index (κ3) is 5.07. The molecular weight excluding hydrogens is 366 g/mol. The monoisotopic (exact) mass is 389 g/mol. The highest BCUT2D eigenvalue weighted by atomic mass is 35.5. The minimum Gasteiger partial charge on any atom is -0.491 e. The molecule has 3 rings (SSSR count). The second kappa shape index (κ2) is 9.00. The number of hydrogen-bond acceptors (Lipinski definition) is 4. The number of fused-ring (bicyclic) bond motifs is 1. The molecule has 6 heteroatoms. The van der Waals surface area contributed by atoms with Gasteiger partial charge in [-0.1, -0.05) is 43.6 Å². The van der Waals surface area contributed by atoms with Crippen molar-refractivity contribution in [2.75, 3.05) is 19.8 Å². The van der Waals surface area contributed by atoms with E-state index >= 15 is 0 Å². The van der Waals surface area contributed by atoms with Gasteiger partial charge in [0.05, 0.1) is 24.1 Å². The van der Waals surface area contributed by atoms with E-state index in [9.17, 15) is 4.79 Å². The predicted molar refractivity (Wildman–Crippen MR) is 105 cm³/mol. The summed E-state index contributed by atoms with van der Waals surface area (Å²) in [6.45, 7) is 5.50. The van der Waals surface area contributed by atoms with E-state index in [-0.39, 0.29) is 30.9 Å². The minimum atomic E-state index is -0.117. The first-order valence-corrected chi connectivity index (χ1v) is 9.48. The molecule has 0 aromatic heterocycles. The fourth-order valence-electron chi connectivity index (χ4n) is 2.95. The molecule has 0 spiro atoms. The molecule has 2 aromatic carbocycles. The van der Waals surface area contributed by atoms with Gasteiger partial charge < -0.3 is 19.5 Å². The molecule has 1 N–H and O–H groups in total. The Morgan fingerprint density at radius 3 is 2.63 bits per heavy atom. The van der Waals surface area contributed by atoms with E-state index in [2.05, 4.69) is 19.2 Å². The number of carbonyl (C=O) groups excluding carboxylic acids is 1. The van der Waals surface area contributed by atoms with Crippen LogP contribution < -0.4 is 19.5 Å². The summed E-state index contributed by atoms with van der Waals surface area (Å²) in [5.41, 5.74) is 0.995. The van der Waals surface area contributed by atoms with Gasteiger partial charge >= 0.3 is 0 Å². The van der Waals surface area contributed by atoms with Crippen LogP contribution in [0.25, 0.3) is 0 Å². The van der Waals surface area contributed by atoms with Crippen molar-refractivity contribution in [2.24, 2.45) is 5.92 Å². The first kappa shape index (κ1) is 19.4. The smallest absolute Gasteiger partial charge is 0.223 e. The van der Waals surface area contributed by atoms with Crippen LogP contribution in [0.3, 0.4) is 0 Å². The zero-order valence-electron chi connectivity index (χ0n) is 15.5. The van der Waals surface area contributed by atoms with Gasteiger partial charge in [-0.15, -0.1) is 0 Å². The average molecular weight is 390 g/mol. The predicted octanol–water partition coefficient (Wildman–Crippen LogP) is 4.39. The summed E-state index contributed by atoms with van der Waals surface area (Å²) in [6.07, 6.45) is 0.249. The number of halogens is 1. The van der Waals surface area contributed by atoms with Crippen molar-refractivity contribution in [3.8, 4) is 17.2 Å². The Hall–Kier alpha value is -2.40. The minimum absolute atomic E-state index is 0.0735. The van der Waals surface area contributed by atoms with E-state index in [1.54, 1.807) is 12.1 Å². The molecule has 1 atom stereocenters. The second-order valence-corrected chi connectivity index (χ2v) is 7.13. The summed E-state index contributed by atoms with van der Waals surface area (Å²) in [7, 11) is 0. The van der Waals surface area contributed by atoms with Crippen LogP contribution in [0.4, 0.5) is 0 Å². The molecule has 1 amide bonds. The zero-order valence-corrected chi connectivity index (χ0v) is 16.3. The van der Waals surface area contributed by atoms with Crippen molar-refractivity contribution >= 4 is 17.5 Å². The lowest BCUT2D eigenvalue weighted by molar-refractivity contribution is -0.122. The molecule has 1 aliphatic heterocycles. The number of para-hydroxylation sites is 1. The molecule has 1 aliphatic rings. The number of rotatable bonds is 7. The molecule has 2 aromatic rings. The number of nitrogens with one attached hydrogen (secondary N) is 1. The Kier molecular flexibility index (Phi) is 6.45. The molecule has 1 unspecified atom stereocenters. The molecule has 1 heterocycles. The van der Waals surface area contributed by atoms with Crippen molar-refractivity contribution in [3.63, 3.8) is 0 Å². The maximum Gasteiger partial charge on any atom is 0.223 e. The van der Waals surface area contributed by atoms with E-state index in [1.807, 2.05) is 30.3 Å². The van der Waals surface area contributed by atoms with Crippen molar-refractivity contribution < 1.29 is 19.0 Å². The van der Waals surface area contributed by atoms with E-state index in [0.29, 0.717) is 24.0 Å². The maximum absolute atomic E-state index is 12.4. The van der Waals surface area contributed by atoms with Crippen molar-refractivity contribution in [3.05, 3.63) is 53.1 Å². The van der Waals surface area contributed by atoms with Crippen molar-refractivity contribution in [1.82, 2.24) is 5.32 Å². The van der Waals surface area contributed by atoms with Gasteiger partial charge in [-0.2, -0.15) is 0 Å². The van der Waals surface area contributed by atoms with Crippen LogP contribution in [0.1, 0.15) is 31.9 Å². The SMILES string of the molecule is CC(C)C(NC(=O)CCOc1ccccc1Cl)c1ccc2c(c1)OCCO2. The summed E-state index contributed by atoms with van der Waals surface area (Å²) in [4.78, 5) is 12.4. The highest BCUT2D eigenvalue weighted by molar-refractivity contribution is 6.32. The molecular formula is C21H24ClNO4. The third-order valence-corrected chi connectivity index (χ3v) is 4.64. The largest absolute Gasteiger partial charge is 0.491 e. The number of hydrogen-bond donors (Lipinski definition) is 1. The summed E-state index contributed by atoms with van der Waals surface area (Å²) in [6, 6.07) is 12.9. The number of carbonyl (C=O) groups is 1. The van der Waals surface area contributed by atoms with Crippen LogP contribution in [0.2, 0.25) is 5.02 Å². The number of benzene rings is 2. The molecule has 0 radical (unpaired) electrons. The summed E-state index contributed by atoms with van der Waals surface area (Å²) in [5.74, 6) is 2.20. The quantitative estimate of drug-likeness (QED) is 0.762. The van der Waals surface area contributed by atoms with Crippen LogP contribution >= 0.6 is 11.6 Å². The number of ether oxygens (including phenoxy) is 3. The Balaban J connectivity index is 1.59. The highest BCUT2D eigenvalue weighted by Crippen LogP contribution is 2.34. The second-order valence-electron chi connectivity index (χ2n) is 6.72. The molecule has 0 bridgehead atoms. The van der Waals surface area contributed by atoms with Gasteiger partial charge in [0.25, 0.3) is 0 Å². The van der Waals surface area contributed by atoms with Crippen LogP contribution in [0.5, 0.6) is 17.2 Å². The van der Waals surface area contributed by atoms with Crippen LogP contribution in [-0.2, 0) is 4.79 Å². The lowest BCUT2D eigenvalue weighted by Gasteiger charge is -2.25. The Labute approximate surface area is 164 Å². The highest BCUT2D eigenvalue weighted by Gasteiger charge is 2.21. The van der Waals surface area contributed by atoms with Crippen molar-refractivity contribution in [2.45, 2.75) is 26.3 Å². The van der Waals surface area contributed by atoms with Gasteiger partial charge in [0.15, 0.2) is 11.5 Å². The fourth-order valence-corrected chi connectivity index (χ4v) is 3.14. The third-order valence-electron chi connectivity index (χ3n) is 4.33. The van der Waals surface area contributed by atoms with Gasteiger partial charge in [-0.3, -0.25) is 4.79 Å². The lowest BCUT2D eigenvalue weighted by atomic mass is 9.95. The van der Waals surface area contributed by atoms with Crippen LogP contribution in [-0.4, -0.2) is 25.7 Å². The van der Waals surface area contributed by atoms with E-state index in [4.69, 9.17) is 25.8 Å².